The molecule has 88 valence electrons. The summed E-state index contributed by atoms with van der Waals surface area (Å²) in [6, 6.07) is 7.81. The molecule has 0 aromatic heterocycles. The van der Waals surface area contributed by atoms with Crippen molar-refractivity contribution in [1.82, 2.24) is 0 Å². The first-order valence-electron chi connectivity index (χ1n) is 5.14. The van der Waals surface area contributed by atoms with Gasteiger partial charge in [0, 0.05) is 4.90 Å². The number of alkyl halides is 1. The minimum Gasteiger partial charge on any atom is -0.324 e. The molecule has 1 rings (SSSR count). The Labute approximate surface area is 109 Å². The fraction of sp³-hybridized carbons (Fsp3) is 0.417. The van der Waals surface area contributed by atoms with Crippen LogP contribution in [0.2, 0.25) is 0 Å². The molecule has 0 aliphatic heterocycles. The largest absolute Gasteiger partial charge is 0.324 e. The summed E-state index contributed by atoms with van der Waals surface area (Å²) in [6.45, 7) is 4.03. The molecule has 0 heterocycles. The highest BCUT2D eigenvalue weighted by Gasteiger charge is 2.19. The number of halogens is 1. The molecule has 0 bridgehead atoms. The first-order valence-corrected chi connectivity index (χ1v) is 7.28. The highest BCUT2D eigenvalue weighted by molar-refractivity contribution is 9.10. The molecule has 1 N–H and O–H groups in total. The van der Waals surface area contributed by atoms with Gasteiger partial charge in [-0.05, 0) is 24.3 Å². The molecule has 1 amide bonds. The van der Waals surface area contributed by atoms with Crippen LogP contribution in [0.1, 0.15) is 13.8 Å². The van der Waals surface area contributed by atoms with Gasteiger partial charge in [-0.3, -0.25) is 4.79 Å². The second-order valence-corrected chi connectivity index (χ2v) is 5.67. The van der Waals surface area contributed by atoms with E-state index in [9.17, 15) is 4.79 Å². The molecule has 1 aromatic carbocycles. The lowest BCUT2D eigenvalue weighted by atomic mass is 10.1. The predicted molar refractivity (Wildman–Crippen MR) is 74.4 cm³/mol. The zero-order valence-corrected chi connectivity index (χ0v) is 12.1. The van der Waals surface area contributed by atoms with Gasteiger partial charge in [0.25, 0.3) is 0 Å². The van der Waals surface area contributed by atoms with Gasteiger partial charge in [-0.25, -0.2) is 0 Å². The quantitative estimate of drug-likeness (QED) is 0.677. The van der Waals surface area contributed by atoms with Crippen LogP contribution in [0, 0.1) is 5.92 Å². The monoisotopic (exact) mass is 301 g/mol. The maximum atomic E-state index is 11.9. The molecule has 2 nitrogen and oxygen atoms in total. The average molecular weight is 302 g/mol. The van der Waals surface area contributed by atoms with Crippen molar-refractivity contribution < 1.29 is 4.79 Å². The minimum absolute atomic E-state index is 0.0106. The van der Waals surface area contributed by atoms with Crippen molar-refractivity contribution in [3.63, 3.8) is 0 Å². The van der Waals surface area contributed by atoms with Gasteiger partial charge < -0.3 is 5.32 Å². The van der Waals surface area contributed by atoms with Crippen molar-refractivity contribution in [2.75, 3.05) is 11.6 Å². The van der Waals surface area contributed by atoms with Crippen LogP contribution in [0.4, 0.5) is 5.69 Å². The third kappa shape index (κ3) is 3.52. The molecule has 0 saturated carbocycles. The summed E-state index contributed by atoms with van der Waals surface area (Å²) in [6.07, 6.45) is 2.00. The molecule has 0 saturated heterocycles. The maximum Gasteiger partial charge on any atom is 0.238 e. The van der Waals surface area contributed by atoms with E-state index in [1.807, 2.05) is 44.4 Å². The van der Waals surface area contributed by atoms with E-state index in [1.165, 1.54) is 0 Å². The second-order valence-electron chi connectivity index (χ2n) is 3.84. The zero-order valence-electron chi connectivity index (χ0n) is 9.66. The van der Waals surface area contributed by atoms with E-state index in [0.717, 1.165) is 10.6 Å². The maximum absolute atomic E-state index is 11.9. The van der Waals surface area contributed by atoms with Crippen LogP contribution in [0.25, 0.3) is 0 Å². The number of carbonyl (C=O) groups is 1. The number of para-hydroxylation sites is 1. The first kappa shape index (κ1) is 13.6. The smallest absolute Gasteiger partial charge is 0.238 e. The molecule has 1 atom stereocenters. The Hall–Kier alpha value is -0.480. The number of rotatable bonds is 4. The minimum atomic E-state index is -0.151. The number of anilines is 1. The van der Waals surface area contributed by atoms with E-state index in [2.05, 4.69) is 21.2 Å². The van der Waals surface area contributed by atoms with E-state index in [-0.39, 0.29) is 16.7 Å². The Morgan fingerprint density at radius 2 is 2.00 bits per heavy atom. The third-order valence-electron chi connectivity index (χ3n) is 2.20. The van der Waals surface area contributed by atoms with Crippen molar-refractivity contribution in [3.05, 3.63) is 24.3 Å². The van der Waals surface area contributed by atoms with Crippen molar-refractivity contribution in [2.24, 2.45) is 5.92 Å². The van der Waals surface area contributed by atoms with Crippen molar-refractivity contribution in [1.29, 1.82) is 0 Å². The Bertz CT molecular complexity index is 368. The van der Waals surface area contributed by atoms with Crippen LogP contribution in [-0.2, 0) is 4.79 Å². The molecular formula is C12H16BrNOS. The molecule has 0 radical (unpaired) electrons. The first-order chi connectivity index (χ1) is 7.56. The molecule has 0 spiro atoms. The molecule has 16 heavy (non-hydrogen) atoms. The number of nitrogens with one attached hydrogen (secondary N) is 1. The molecule has 1 aromatic rings. The third-order valence-corrected chi connectivity index (χ3v) is 4.47. The summed E-state index contributed by atoms with van der Waals surface area (Å²) in [5.74, 6) is 0.290. The summed E-state index contributed by atoms with van der Waals surface area (Å²) >= 11 is 5.02. The lowest BCUT2D eigenvalue weighted by molar-refractivity contribution is -0.116. The van der Waals surface area contributed by atoms with Gasteiger partial charge in [0.05, 0.1) is 10.5 Å². The summed E-state index contributed by atoms with van der Waals surface area (Å²) < 4.78 is 0. The molecular weight excluding hydrogens is 286 g/mol. The lowest BCUT2D eigenvalue weighted by Crippen LogP contribution is -2.27. The predicted octanol–water partition coefficient (Wildman–Crippen LogP) is 3.77. The van der Waals surface area contributed by atoms with Gasteiger partial charge in [-0.2, -0.15) is 0 Å². The Morgan fingerprint density at radius 1 is 1.38 bits per heavy atom. The molecule has 0 fully saturated rings. The number of hydrogen-bond acceptors (Lipinski definition) is 2. The highest BCUT2D eigenvalue weighted by atomic mass is 79.9. The van der Waals surface area contributed by atoms with Gasteiger partial charge in [-0.15, -0.1) is 11.8 Å². The van der Waals surface area contributed by atoms with Crippen LogP contribution >= 0.6 is 27.7 Å². The van der Waals surface area contributed by atoms with Crippen molar-refractivity contribution in [2.45, 2.75) is 23.6 Å². The molecule has 1 unspecified atom stereocenters. The lowest BCUT2D eigenvalue weighted by Gasteiger charge is -2.15. The summed E-state index contributed by atoms with van der Waals surface area (Å²) in [4.78, 5) is 12.8. The second kappa shape index (κ2) is 6.30. The molecule has 0 aliphatic carbocycles. The molecule has 0 aliphatic rings. The number of hydrogen-bond donors (Lipinski definition) is 1. The standard InChI is InChI=1S/C12H16BrNOS/c1-8(2)11(13)12(15)14-9-6-4-5-7-10(9)16-3/h4-8,11H,1-3H3,(H,14,15). The number of thioether (sulfide) groups is 1. The van der Waals surface area contributed by atoms with Gasteiger partial charge in [0.15, 0.2) is 0 Å². The van der Waals surface area contributed by atoms with Crippen molar-refractivity contribution in [3.8, 4) is 0 Å². The topological polar surface area (TPSA) is 29.1 Å². The van der Waals surface area contributed by atoms with Gasteiger partial charge in [0.2, 0.25) is 5.91 Å². The van der Waals surface area contributed by atoms with Gasteiger partial charge >= 0.3 is 0 Å². The van der Waals surface area contributed by atoms with Crippen LogP contribution in [0.3, 0.4) is 0 Å². The SMILES string of the molecule is CSc1ccccc1NC(=O)C(Br)C(C)C. The fourth-order valence-corrected chi connectivity index (χ4v) is 1.92. The Kier molecular flexibility index (Phi) is 5.35. The van der Waals surface area contributed by atoms with Crippen LogP contribution in [0.5, 0.6) is 0 Å². The Morgan fingerprint density at radius 3 is 2.56 bits per heavy atom. The number of carbonyl (C=O) groups excluding carboxylic acids is 1. The van der Waals surface area contributed by atoms with E-state index in [0.29, 0.717) is 0 Å². The van der Waals surface area contributed by atoms with Crippen LogP contribution in [0.15, 0.2) is 29.2 Å². The average Bonchev–Trinajstić information content (AvgIpc) is 2.28. The van der Waals surface area contributed by atoms with Crippen LogP contribution in [-0.4, -0.2) is 17.0 Å². The van der Waals surface area contributed by atoms with Gasteiger partial charge in [-0.1, -0.05) is 41.9 Å². The van der Waals surface area contributed by atoms with Crippen molar-refractivity contribution >= 4 is 39.3 Å². The summed E-state index contributed by atoms with van der Waals surface area (Å²) in [5, 5.41) is 2.94. The summed E-state index contributed by atoms with van der Waals surface area (Å²) in [5.41, 5.74) is 0.880. The Balaban J connectivity index is 2.76. The van der Waals surface area contributed by atoms with E-state index < -0.39 is 0 Å². The summed E-state index contributed by atoms with van der Waals surface area (Å²) in [7, 11) is 0. The zero-order chi connectivity index (χ0) is 12.1. The molecule has 4 heteroatoms. The highest BCUT2D eigenvalue weighted by Crippen LogP contribution is 2.25. The van der Waals surface area contributed by atoms with Crippen LogP contribution < -0.4 is 5.32 Å². The van der Waals surface area contributed by atoms with Gasteiger partial charge in [0.1, 0.15) is 0 Å². The van der Waals surface area contributed by atoms with E-state index in [1.54, 1.807) is 11.8 Å². The van der Waals surface area contributed by atoms with E-state index in [4.69, 9.17) is 0 Å². The number of amides is 1. The fourth-order valence-electron chi connectivity index (χ4n) is 1.25. The number of benzene rings is 1. The van der Waals surface area contributed by atoms with E-state index >= 15 is 0 Å². The normalized spacial score (nSPS) is 12.6.